The van der Waals surface area contributed by atoms with Crippen LogP contribution < -0.4 is 0 Å². The molecule has 0 aliphatic carbocycles. The quantitative estimate of drug-likeness (QED) is 0.652. The van der Waals surface area contributed by atoms with Gasteiger partial charge in [-0.25, -0.2) is 0 Å². The lowest BCUT2D eigenvalue weighted by molar-refractivity contribution is 0.0722. The van der Waals surface area contributed by atoms with Crippen molar-refractivity contribution in [2.45, 2.75) is 53.1 Å². The Morgan fingerprint density at radius 2 is 1.73 bits per heavy atom. The van der Waals surface area contributed by atoms with Crippen LogP contribution >= 0.6 is 0 Å². The first kappa shape index (κ1) is 11.0. The van der Waals surface area contributed by atoms with Crippen LogP contribution in [-0.4, -0.2) is 11.2 Å². The SMILES string of the molecule is CCC[C@H](C(C)C)[C@H](O)CC. The van der Waals surface area contributed by atoms with E-state index < -0.39 is 0 Å². The zero-order valence-corrected chi connectivity index (χ0v) is 8.30. The Bertz CT molecular complexity index is 88.9. The van der Waals surface area contributed by atoms with Crippen molar-refractivity contribution in [3.05, 3.63) is 0 Å². The van der Waals surface area contributed by atoms with Crippen molar-refractivity contribution in [1.29, 1.82) is 0 Å². The number of hydrogen-bond acceptors (Lipinski definition) is 1. The van der Waals surface area contributed by atoms with E-state index in [4.69, 9.17) is 0 Å². The summed E-state index contributed by atoms with van der Waals surface area (Å²) < 4.78 is 0. The summed E-state index contributed by atoms with van der Waals surface area (Å²) >= 11 is 0. The first-order valence-corrected chi connectivity index (χ1v) is 4.81. The largest absolute Gasteiger partial charge is 0.393 e. The maximum atomic E-state index is 9.62. The molecule has 0 fully saturated rings. The van der Waals surface area contributed by atoms with Gasteiger partial charge in [0.1, 0.15) is 0 Å². The number of aliphatic hydroxyl groups is 1. The molecular formula is C10H22O. The maximum Gasteiger partial charge on any atom is 0.0568 e. The molecule has 11 heavy (non-hydrogen) atoms. The van der Waals surface area contributed by atoms with Crippen LogP contribution in [0, 0.1) is 11.8 Å². The Kier molecular flexibility index (Phi) is 5.57. The van der Waals surface area contributed by atoms with Gasteiger partial charge >= 0.3 is 0 Å². The normalized spacial score (nSPS) is 16.9. The topological polar surface area (TPSA) is 20.2 Å². The lowest BCUT2D eigenvalue weighted by atomic mass is 9.85. The van der Waals surface area contributed by atoms with Crippen LogP contribution in [0.1, 0.15) is 47.0 Å². The fourth-order valence-corrected chi connectivity index (χ4v) is 1.61. The predicted octanol–water partition coefficient (Wildman–Crippen LogP) is 2.83. The molecule has 0 aliphatic heterocycles. The summed E-state index contributed by atoms with van der Waals surface area (Å²) in [5.41, 5.74) is 0. The van der Waals surface area contributed by atoms with E-state index in [9.17, 15) is 5.11 Å². The Hall–Kier alpha value is -0.0400. The van der Waals surface area contributed by atoms with Gasteiger partial charge in [-0.05, 0) is 24.7 Å². The lowest BCUT2D eigenvalue weighted by Crippen LogP contribution is -2.24. The van der Waals surface area contributed by atoms with Crippen molar-refractivity contribution in [3.8, 4) is 0 Å². The molecule has 0 aliphatic rings. The summed E-state index contributed by atoms with van der Waals surface area (Å²) in [6.07, 6.45) is 3.14. The van der Waals surface area contributed by atoms with Gasteiger partial charge < -0.3 is 5.11 Å². The predicted molar refractivity (Wildman–Crippen MR) is 49.5 cm³/mol. The molecule has 0 bridgehead atoms. The Balaban J connectivity index is 3.87. The summed E-state index contributed by atoms with van der Waals surface area (Å²) in [5.74, 6) is 1.12. The Morgan fingerprint density at radius 1 is 1.18 bits per heavy atom. The fourth-order valence-electron chi connectivity index (χ4n) is 1.61. The second-order valence-electron chi connectivity index (χ2n) is 3.67. The van der Waals surface area contributed by atoms with E-state index in [-0.39, 0.29) is 6.10 Å². The Morgan fingerprint density at radius 3 is 2.00 bits per heavy atom. The van der Waals surface area contributed by atoms with Gasteiger partial charge in [0, 0.05) is 0 Å². The summed E-state index contributed by atoms with van der Waals surface area (Å²) in [7, 11) is 0. The molecular weight excluding hydrogens is 136 g/mol. The molecule has 0 unspecified atom stereocenters. The molecule has 0 aromatic heterocycles. The van der Waals surface area contributed by atoms with Crippen molar-refractivity contribution in [2.24, 2.45) is 11.8 Å². The van der Waals surface area contributed by atoms with Crippen LogP contribution in [0.2, 0.25) is 0 Å². The highest BCUT2D eigenvalue weighted by atomic mass is 16.3. The molecule has 0 saturated heterocycles. The standard InChI is InChI=1S/C10H22O/c1-5-7-9(8(3)4)10(11)6-2/h8-11H,5-7H2,1-4H3/t9-,10-/m1/s1. The van der Waals surface area contributed by atoms with Crippen molar-refractivity contribution in [3.63, 3.8) is 0 Å². The van der Waals surface area contributed by atoms with E-state index in [0.717, 1.165) is 12.8 Å². The third-order valence-corrected chi connectivity index (χ3v) is 2.39. The van der Waals surface area contributed by atoms with E-state index in [2.05, 4.69) is 27.7 Å². The third-order valence-electron chi connectivity index (χ3n) is 2.39. The van der Waals surface area contributed by atoms with Gasteiger partial charge in [0.05, 0.1) is 6.10 Å². The molecule has 2 atom stereocenters. The molecule has 0 saturated carbocycles. The molecule has 68 valence electrons. The number of rotatable bonds is 5. The van der Waals surface area contributed by atoms with Gasteiger partial charge in [0.2, 0.25) is 0 Å². The van der Waals surface area contributed by atoms with Gasteiger partial charge in [0.15, 0.2) is 0 Å². The van der Waals surface area contributed by atoms with Crippen LogP contribution in [0.15, 0.2) is 0 Å². The highest BCUT2D eigenvalue weighted by molar-refractivity contribution is 4.70. The van der Waals surface area contributed by atoms with Gasteiger partial charge in [-0.2, -0.15) is 0 Å². The molecule has 0 radical (unpaired) electrons. The number of aliphatic hydroxyl groups excluding tert-OH is 1. The third kappa shape index (κ3) is 3.76. The average Bonchev–Trinajstić information content (AvgIpc) is 1.98. The summed E-state index contributed by atoms with van der Waals surface area (Å²) in [4.78, 5) is 0. The zero-order chi connectivity index (χ0) is 8.85. The van der Waals surface area contributed by atoms with Crippen molar-refractivity contribution in [1.82, 2.24) is 0 Å². The molecule has 0 amide bonds. The van der Waals surface area contributed by atoms with E-state index in [1.807, 2.05) is 0 Å². The van der Waals surface area contributed by atoms with E-state index >= 15 is 0 Å². The van der Waals surface area contributed by atoms with Crippen LogP contribution in [0.25, 0.3) is 0 Å². The molecule has 0 spiro atoms. The number of hydrogen-bond donors (Lipinski definition) is 1. The molecule has 1 heteroatoms. The van der Waals surface area contributed by atoms with Crippen LogP contribution in [0.5, 0.6) is 0 Å². The molecule has 1 N–H and O–H groups in total. The average molecular weight is 158 g/mol. The van der Waals surface area contributed by atoms with Crippen molar-refractivity contribution >= 4 is 0 Å². The van der Waals surface area contributed by atoms with E-state index in [0.29, 0.717) is 11.8 Å². The van der Waals surface area contributed by atoms with Gasteiger partial charge in [0.25, 0.3) is 0 Å². The molecule has 0 aromatic carbocycles. The van der Waals surface area contributed by atoms with Crippen LogP contribution in [-0.2, 0) is 0 Å². The zero-order valence-electron chi connectivity index (χ0n) is 8.30. The second kappa shape index (κ2) is 5.59. The van der Waals surface area contributed by atoms with E-state index in [1.165, 1.54) is 6.42 Å². The minimum atomic E-state index is -0.0880. The Labute approximate surface area is 70.8 Å². The van der Waals surface area contributed by atoms with E-state index in [1.54, 1.807) is 0 Å². The summed E-state index contributed by atoms with van der Waals surface area (Å²) in [6, 6.07) is 0. The van der Waals surface area contributed by atoms with Crippen molar-refractivity contribution < 1.29 is 5.11 Å². The highest BCUT2D eigenvalue weighted by Crippen LogP contribution is 2.22. The summed E-state index contributed by atoms with van der Waals surface area (Å²) in [5, 5.41) is 9.62. The summed E-state index contributed by atoms with van der Waals surface area (Å²) in [6.45, 7) is 8.62. The smallest absolute Gasteiger partial charge is 0.0568 e. The second-order valence-corrected chi connectivity index (χ2v) is 3.67. The lowest BCUT2D eigenvalue weighted by Gasteiger charge is -2.24. The molecule has 0 rings (SSSR count). The molecule has 1 nitrogen and oxygen atoms in total. The van der Waals surface area contributed by atoms with Gasteiger partial charge in [-0.15, -0.1) is 0 Å². The minimum absolute atomic E-state index is 0.0880. The van der Waals surface area contributed by atoms with Crippen molar-refractivity contribution in [2.75, 3.05) is 0 Å². The highest BCUT2D eigenvalue weighted by Gasteiger charge is 2.19. The molecule has 0 aromatic rings. The van der Waals surface area contributed by atoms with Crippen LogP contribution in [0.3, 0.4) is 0 Å². The monoisotopic (exact) mass is 158 g/mol. The minimum Gasteiger partial charge on any atom is -0.393 e. The van der Waals surface area contributed by atoms with Gasteiger partial charge in [-0.3, -0.25) is 0 Å². The van der Waals surface area contributed by atoms with Gasteiger partial charge in [-0.1, -0.05) is 34.1 Å². The van der Waals surface area contributed by atoms with Crippen LogP contribution in [0.4, 0.5) is 0 Å². The maximum absolute atomic E-state index is 9.62. The molecule has 0 heterocycles. The first-order valence-electron chi connectivity index (χ1n) is 4.81. The first-order chi connectivity index (χ1) is 5.13. The fraction of sp³-hybridized carbons (Fsp3) is 1.00.